The van der Waals surface area contributed by atoms with Gasteiger partial charge in [-0.25, -0.2) is 0 Å². The van der Waals surface area contributed by atoms with Crippen LogP contribution in [-0.4, -0.2) is 23.9 Å². The number of hydrogen-bond acceptors (Lipinski definition) is 4. The highest BCUT2D eigenvalue weighted by Crippen LogP contribution is 2.11. The molecule has 0 saturated heterocycles. The number of nitrogens with zero attached hydrogens (tertiary/aromatic N) is 1. The van der Waals surface area contributed by atoms with Crippen LogP contribution in [-0.2, 0) is 11.3 Å². The minimum atomic E-state index is -0.443. The maximum atomic E-state index is 11.8. The molecule has 29 heavy (non-hydrogen) atoms. The van der Waals surface area contributed by atoms with E-state index in [0.29, 0.717) is 12.1 Å². The third kappa shape index (κ3) is 8.09. The van der Waals surface area contributed by atoms with E-state index >= 15 is 0 Å². The summed E-state index contributed by atoms with van der Waals surface area (Å²) in [5.41, 5.74) is 7.53. The zero-order valence-electron chi connectivity index (χ0n) is 16.1. The SMILES string of the molecule is COc1ccc(CNC(=O)c2ccccc2)cc1.NC(=O)/C=C/c1ccncc1. The first-order valence-corrected chi connectivity index (χ1v) is 8.92. The first kappa shape index (κ1) is 21.4. The largest absolute Gasteiger partial charge is 0.497 e. The van der Waals surface area contributed by atoms with E-state index in [0.717, 1.165) is 16.9 Å². The van der Waals surface area contributed by atoms with Crippen LogP contribution in [0.1, 0.15) is 21.5 Å². The van der Waals surface area contributed by atoms with Crippen molar-refractivity contribution >= 4 is 17.9 Å². The van der Waals surface area contributed by atoms with Gasteiger partial charge in [0, 0.05) is 30.6 Å². The Labute approximate surface area is 170 Å². The molecule has 6 heteroatoms. The number of methoxy groups -OCH3 is 1. The zero-order chi connectivity index (χ0) is 20.9. The molecule has 0 bridgehead atoms. The number of nitrogens with two attached hydrogens (primary N) is 1. The Morgan fingerprint density at radius 1 is 1.00 bits per heavy atom. The van der Waals surface area contributed by atoms with Crippen LogP contribution in [0.5, 0.6) is 5.75 Å². The lowest BCUT2D eigenvalue weighted by Crippen LogP contribution is -2.22. The fourth-order valence-electron chi connectivity index (χ4n) is 2.27. The van der Waals surface area contributed by atoms with E-state index in [9.17, 15) is 9.59 Å². The van der Waals surface area contributed by atoms with Gasteiger partial charge in [-0.2, -0.15) is 0 Å². The normalized spacial score (nSPS) is 9.97. The Hall–Kier alpha value is -3.93. The lowest BCUT2D eigenvalue weighted by Gasteiger charge is -2.06. The van der Waals surface area contributed by atoms with Crippen LogP contribution in [0.15, 0.2) is 85.2 Å². The van der Waals surface area contributed by atoms with Crippen molar-refractivity contribution in [1.29, 1.82) is 0 Å². The van der Waals surface area contributed by atoms with Crippen molar-refractivity contribution < 1.29 is 14.3 Å². The number of aromatic nitrogens is 1. The first-order chi connectivity index (χ1) is 14.1. The van der Waals surface area contributed by atoms with Gasteiger partial charge in [0.25, 0.3) is 5.91 Å². The van der Waals surface area contributed by atoms with Crippen molar-refractivity contribution in [2.45, 2.75) is 6.54 Å². The summed E-state index contributed by atoms with van der Waals surface area (Å²) >= 11 is 0. The molecular weight excluding hydrogens is 366 g/mol. The molecule has 1 aromatic heterocycles. The van der Waals surface area contributed by atoms with E-state index in [-0.39, 0.29) is 5.91 Å². The van der Waals surface area contributed by atoms with E-state index in [2.05, 4.69) is 10.3 Å². The molecule has 3 N–H and O–H groups in total. The number of amides is 2. The summed E-state index contributed by atoms with van der Waals surface area (Å²) in [5.74, 6) is 0.307. The number of rotatable bonds is 6. The summed E-state index contributed by atoms with van der Waals surface area (Å²) in [7, 11) is 1.63. The molecular formula is C23H23N3O3. The lowest BCUT2D eigenvalue weighted by molar-refractivity contribution is -0.113. The molecule has 3 aromatic rings. The number of hydrogen-bond donors (Lipinski definition) is 2. The second-order valence-corrected chi connectivity index (χ2v) is 5.91. The van der Waals surface area contributed by atoms with Gasteiger partial charge in [-0.15, -0.1) is 0 Å². The fourth-order valence-corrected chi connectivity index (χ4v) is 2.27. The summed E-state index contributed by atoms with van der Waals surface area (Å²) in [6.07, 6.45) is 6.26. The van der Waals surface area contributed by atoms with Crippen LogP contribution in [0, 0.1) is 0 Å². The van der Waals surface area contributed by atoms with Gasteiger partial charge in [-0.05, 0) is 53.6 Å². The Morgan fingerprint density at radius 3 is 2.24 bits per heavy atom. The minimum Gasteiger partial charge on any atom is -0.497 e. The monoisotopic (exact) mass is 389 g/mol. The molecule has 0 atom stereocenters. The lowest BCUT2D eigenvalue weighted by atomic mass is 10.2. The van der Waals surface area contributed by atoms with Crippen LogP contribution >= 0.6 is 0 Å². The molecule has 1 heterocycles. The van der Waals surface area contributed by atoms with Crippen molar-refractivity contribution in [2.75, 3.05) is 7.11 Å². The average Bonchev–Trinajstić information content (AvgIpc) is 2.78. The van der Waals surface area contributed by atoms with Crippen LogP contribution < -0.4 is 15.8 Å². The van der Waals surface area contributed by atoms with Gasteiger partial charge >= 0.3 is 0 Å². The van der Waals surface area contributed by atoms with Gasteiger partial charge in [0.2, 0.25) is 5.91 Å². The molecule has 3 rings (SSSR count). The molecule has 0 unspecified atom stereocenters. The zero-order valence-corrected chi connectivity index (χ0v) is 16.1. The Morgan fingerprint density at radius 2 is 1.66 bits per heavy atom. The fraction of sp³-hybridized carbons (Fsp3) is 0.0870. The van der Waals surface area contributed by atoms with Crippen LogP contribution in [0.25, 0.3) is 6.08 Å². The predicted molar refractivity (Wildman–Crippen MR) is 113 cm³/mol. The Bertz CT molecular complexity index is 925. The number of ether oxygens (including phenoxy) is 1. The van der Waals surface area contributed by atoms with E-state index in [1.165, 1.54) is 6.08 Å². The maximum absolute atomic E-state index is 11.8. The van der Waals surface area contributed by atoms with Gasteiger partial charge < -0.3 is 15.8 Å². The highest BCUT2D eigenvalue weighted by atomic mass is 16.5. The van der Waals surface area contributed by atoms with E-state index in [1.807, 2.05) is 42.5 Å². The second kappa shape index (κ2) is 11.7. The highest BCUT2D eigenvalue weighted by Gasteiger charge is 2.03. The quantitative estimate of drug-likeness (QED) is 0.633. The van der Waals surface area contributed by atoms with Crippen molar-refractivity contribution in [3.05, 3.63) is 102 Å². The second-order valence-electron chi connectivity index (χ2n) is 5.91. The summed E-state index contributed by atoms with van der Waals surface area (Å²) in [5, 5.41) is 2.87. The van der Waals surface area contributed by atoms with Crippen LogP contribution in [0.3, 0.4) is 0 Å². The third-order valence-corrected chi connectivity index (χ3v) is 3.79. The summed E-state index contributed by atoms with van der Waals surface area (Å²) < 4.78 is 5.08. The number of carbonyl (C=O) groups excluding carboxylic acids is 2. The standard InChI is InChI=1S/C15H15NO2.C8H8N2O/c1-18-14-9-7-12(8-10-14)11-16-15(17)13-5-3-2-4-6-13;9-8(11)2-1-7-3-5-10-6-4-7/h2-10H,11H2,1H3,(H,16,17);1-6H,(H2,9,11)/b;2-1+. The molecule has 0 aliphatic carbocycles. The molecule has 2 amide bonds. The van der Waals surface area contributed by atoms with Crippen LogP contribution in [0.2, 0.25) is 0 Å². The molecule has 148 valence electrons. The van der Waals surface area contributed by atoms with Crippen molar-refractivity contribution in [2.24, 2.45) is 5.73 Å². The predicted octanol–water partition coefficient (Wildman–Crippen LogP) is 3.21. The summed E-state index contributed by atoms with van der Waals surface area (Å²) in [6, 6.07) is 20.4. The first-order valence-electron chi connectivity index (χ1n) is 8.92. The maximum Gasteiger partial charge on any atom is 0.251 e. The molecule has 0 fully saturated rings. The van der Waals surface area contributed by atoms with E-state index in [4.69, 9.17) is 10.5 Å². The smallest absolute Gasteiger partial charge is 0.251 e. The van der Waals surface area contributed by atoms with Gasteiger partial charge in [0.05, 0.1) is 7.11 Å². The topological polar surface area (TPSA) is 94.3 Å². The molecule has 0 saturated carbocycles. The van der Waals surface area contributed by atoms with Gasteiger partial charge in [-0.1, -0.05) is 30.3 Å². The average molecular weight is 389 g/mol. The highest BCUT2D eigenvalue weighted by molar-refractivity contribution is 5.94. The van der Waals surface area contributed by atoms with Gasteiger partial charge in [0.15, 0.2) is 0 Å². The number of benzene rings is 2. The van der Waals surface area contributed by atoms with Gasteiger partial charge in [-0.3, -0.25) is 14.6 Å². The molecule has 0 aliphatic heterocycles. The molecule has 0 spiro atoms. The van der Waals surface area contributed by atoms with Crippen molar-refractivity contribution in [3.63, 3.8) is 0 Å². The molecule has 6 nitrogen and oxygen atoms in total. The number of nitrogens with one attached hydrogen (secondary N) is 1. The number of carbonyl (C=O) groups is 2. The van der Waals surface area contributed by atoms with E-state index < -0.39 is 5.91 Å². The summed E-state index contributed by atoms with van der Waals surface area (Å²) in [6.45, 7) is 0.512. The molecule has 2 aromatic carbocycles. The molecule has 0 radical (unpaired) electrons. The Kier molecular flexibility index (Phi) is 8.63. The molecule has 0 aliphatic rings. The Balaban J connectivity index is 0.000000234. The minimum absolute atomic E-state index is 0.0635. The van der Waals surface area contributed by atoms with Crippen molar-refractivity contribution in [3.8, 4) is 5.75 Å². The summed E-state index contributed by atoms with van der Waals surface area (Å²) in [4.78, 5) is 25.9. The van der Waals surface area contributed by atoms with Crippen molar-refractivity contribution in [1.82, 2.24) is 10.3 Å². The van der Waals surface area contributed by atoms with Gasteiger partial charge in [0.1, 0.15) is 5.75 Å². The third-order valence-electron chi connectivity index (χ3n) is 3.79. The van der Waals surface area contributed by atoms with E-state index in [1.54, 1.807) is 49.8 Å². The number of primary amides is 1. The number of pyridine rings is 1. The van der Waals surface area contributed by atoms with Crippen LogP contribution in [0.4, 0.5) is 0 Å².